The van der Waals surface area contributed by atoms with Gasteiger partial charge in [-0.2, -0.15) is 0 Å². The molecule has 0 radical (unpaired) electrons. The second-order valence-electron chi connectivity index (χ2n) is 17.7. The van der Waals surface area contributed by atoms with Crippen molar-refractivity contribution < 1.29 is 28.4 Å². The van der Waals surface area contributed by atoms with Crippen LogP contribution in [0.15, 0.2) is 4.99 Å². The highest BCUT2D eigenvalue weighted by atomic mass is 32.2. The van der Waals surface area contributed by atoms with Crippen molar-refractivity contribution in [3.05, 3.63) is 5.49 Å². The van der Waals surface area contributed by atoms with Crippen molar-refractivity contribution in [2.24, 2.45) is 4.99 Å². The first-order valence-electron chi connectivity index (χ1n) is 25.8. The maximum absolute atomic E-state index is 12.9. The van der Waals surface area contributed by atoms with Crippen LogP contribution in [-0.2, 0) is 19.1 Å². The topological polar surface area (TPSA) is 129 Å². The van der Waals surface area contributed by atoms with Gasteiger partial charge in [0.05, 0.1) is 7.11 Å². The third kappa shape index (κ3) is 34.1. The van der Waals surface area contributed by atoms with Gasteiger partial charge in [-0.25, -0.2) is 0 Å². The molecule has 0 aromatic carbocycles. The van der Waals surface area contributed by atoms with Gasteiger partial charge < -0.3 is 23.7 Å². The van der Waals surface area contributed by atoms with Crippen molar-refractivity contribution >= 4 is 23.1 Å². The van der Waals surface area contributed by atoms with Gasteiger partial charge in [-0.15, -0.1) is 4.37 Å². The Morgan fingerprint density at radius 3 is 1.43 bits per heavy atom. The number of ether oxygens (including phenoxy) is 3. The van der Waals surface area contributed by atoms with E-state index in [1.807, 2.05) is 0 Å². The van der Waals surface area contributed by atoms with Crippen molar-refractivity contribution in [1.29, 1.82) is 0 Å². The fourth-order valence-electron chi connectivity index (χ4n) is 8.15. The molecule has 1 rings (SSSR count). The van der Waals surface area contributed by atoms with Gasteiger partial charge in [0.15, 0.2) is 11.1 Å². The number of nitrogens with one attached hydrogen (secondary N) is 1. The second kappa shape index (κ2) is 42.0. The lowest BCUT2D eigenvalue weighted by molar-refractivity contribution is -0.150. The minimum Gasteiger partial charge on any atom is -0.548 e. The molecule has 0 bridgehead atoms. The van der Waals surface area contributed by atoms with Crippen LogP contribution in [0.1, 0.15) is 252 Å². The van der Waals surface area contributed by atoms with Gasteiger partial charge in [-0.3, -0.25) is 14.6 Å². The predicted octanol–water partition coefficient (Wildman–Crippen LogP) is 13.9. The Morgan fingerprint density at radius 1 is 0.574 bits per heavy atom. The highest BCUT2D eigenvalue weighted by Crippen LogP contribution is 2.19. The maximum Gasteiger partial charge on any atom is 0.316 e. The van der Waals surface area contributed by atoms with E-state index in [1.165, 1.54) is 116 Å². The first-order valence-corrected chi connectivity index (χ1v) is 26.9. The molecule has 61 heavy (non-hydrogen) atoms. The normalized spacial score (nSPS) is 12.8. The smallest absolute Gasteiger partial charge is 0.316 e. The van der Waals surface area contributed by atoms with E-state index in [-0.39, 0.29) is 24.1 Å². The number of nitrogens with zero attached hydrogens (tertiary/aromatic N) is 3. The standard InChI is InChI=1S/C50H96N4O6S/c1-6-10-13-16-21-28-36-45(9-4)59-47(55)39-31-24-19-26-33-42-54(44-35-41-51-49-50(58-5)53-61(57)52-49)43-34-27-20-25-32-40-48(56)60-46(37-29-22-17-14-11-7-2)38-30-23-18-15-12-8-3/h45-46H,6-44H2,1-5H3,(H,51,52). The summed E-state index contributed by atoms with van der Waals surface area (Å²) in [4.78, 5) is 32.5. The highest BCUT2D eigenvalue weighted by molar-refractivity contribution is 7.13. The molecule has 0 saturated heterocycles. The van der Waals surface area contributed by atoms with Crippen molar-refractivity contribution in [2.75, 3.05) is 33.3 Å². The molecule has 0 spiro atoms. The largest absolute Gasteiger partial charge is 0.548 e. The molecule has 1 N–H and O–H groups in total. The minimum atomic E-state index is -1.51. The number of carbonyl (C=O) groups excluding carboxylic acids is 2. The zero-order valence-corrected chi connectivity index (χ0v) is 41.2. The predicted molar refractivity (Wildman–Crippen MR) is 255 cm³/mol. The molecule has 10 nitrogen and oxygen atoms in total. The summed E-state index contributed by atoms with van der Waals surface area (Å²) in [6, 6.07) is 0. The Kier molecular flexibility index (Phi) is 39.3. The van der Waals surface area contributed by atoms with Crippen molar-refractivity contribution in [3.8, 4) is 5.88 Å². The molecule has 11 heteroatoms. The summed E-state index contributed by atoms with van der Waals surface area (Å²) >= 11 is -1.51. The maximum atomic E-state index is 12.9. The zero-order valence-electron chi connectivity index (χ0n) is 40.4. The SMILES string of the molecule is CCCCCCCCC(CC)OC(=O)CCCCCCCN(CCCCCCCC(=O)OC(CCCCCCCC)CCCCCCCC)CCCN=c1[nH][s+]([O-])nc1OC. The number of H-pyrrole nitrogens is 1. The van der Waals surface area contributed by atoms with Crippen LogP contribution in [-0.4, -0.2) is 75.6 Å². The van der Waals surface area contributed by atoms with E-state index in [0.29, 0.717) is 30.8 Å². The van der Waals surface area contributed by atoms with Gasteiger partial charge in [-0.1, -0.05) is 163 Å². The minimum absolute atomic E-state index is 0.00326. The Morgan fingerprint density at radius 2 is 0.967 bits per heavy atom. The van der Waals surface area contributed by atoms with E-state index in [0.717, 1.165) is 122 Å². The molecule has 2 atom stereocenters. The van der Waals surface area contributed by atoms with Crippen molar-refractivity contribution in [1.82, 2.24) is 13.6 Å². The van der Waals surface area contributed by atoms with Crippen LogP contribution >= 0.6 is 11.1 Å². The molecule has 1 heterocycles. The molecule has 358 valence electrons. The van der Waals surface area contributed by atoms with Gasteiger partial charge in [0.25, 0.3) is 0 Å². The number of unbranched alkanes of at least 4 members (excludes halogenated alkanes) is 23. The van der Waals surface area contributed by atoms with E-state index in [2.05, 4.69) is 46.3 Å². The lowest BCUT2D eigenvalue weighted by Crippen LogP contribution is -2.28. The van der Waals surface area contributed by atoms with Crippen LogP contribution in [0.2, 0.25) is 0 Å². The van der Waals surface area contributed by atoms with Gasteiger partial charge in [0.1, 0.15) is 12.2 Å². The molecule has 0 aliphatic rings. The molecule has 0 saturated carbocycles. The van der Waals surface area contributed by atoms with Crippen LogP contribution in [0.25, 0.3) is 0 Å². The van der Waals surface area contributed by atoms with E-state index in [9.17, 15) is 14.1 Å². The Hall–Kier alpha value is -1.98. The van der Waals surface area contributed by atoms with Crippen LogP contribution in [0.4, 0.5) is 0 Å². The molecule has 0 fully saturated rings. The Bertz CT molecular complexity index is 1190. The van der Waals surface area contributed by atoms with Crippen molar-refractivity contribution in [2.45, 2.75) is 265 Å². The zero-order chi connectivity index (χ0) is 44.4. The average Bonchev–Trinajstić information content (AvgIpc) is 3.63. The molecule has 0 aliphatic heterocycles. The summed E-state index contributed by atoms with van der Waals surface area (Å²) in [5.41, 5.74) is 0.467. The Labute approximate surface area is 378 Å². The van der Waals surface area contributed by atoms with Crippen LogP contribution in [0.3, 0.4) is 0 Å². The number of aromatic nitrogens is 2. The van der Waals surface area contributed by atoms with Crippen LogP contribution in [0, 0.1) is 0 Å². The summed E-state index contributed by atoms with van der Waals surface area (Å²) in [6.45, 7) is 12.5. The fourth-order valence-corrected chi connectivity index (χ4v) is 8.82. The van der Waals surface area contributed by atoms with Gasteiger partial charge >= 0.3 is 17.8 Å². The molecule has 0 aliphatic carbocycles. The Balaban J connectivity index is 2.43. The number of hydrogen-bond donors (Lipinski definition) is 1. The first kappa shape index (κ1) is 57.0. The number of carbonyl (C=O) groups is 2. The number of methoxy groups -OCH3 is 1. The number of hydrogen-bond acceptors (Lipinski definition) is 9. The third-order valence-corrected chi connectivity index (χ3v) is 12.7. The van der Waals surface area contributed by atoms with Crippen LogP contribution in [0.5, 0.6) is 5.88 Å². The molecular formula is C50H96N4O6S. The molecular weight excluding hydrogens is 785 g/mol. The lowest BCUT2D eigenvalue weighted by atomic mass is 10.0. The van der Waals surface area contributed by atoms with E-state index in [4.69, 9.17) is 14.2 Å². The summed E-state index contributed by atoms with van der Waals surface area (Å²) in [5, 5.41) is 0. The monoisotopic (exact) mass is 881 g/mol. The first-order chi connectivity index (χ1) is 29.9. The molecule has 0 amide bonds. The molecule has 1 aromatic rings. The quantitative estimate of drug-likeness (QED) is 0.0389. The molecule has 1 aromatic heterocycles. The second-order valence-corrected chi connectivity index (χ2v) is 18.6. The highest BCUT2D eigenvalue weighted by Gasteiger charge is 2.15. The fraction of sp³-hybridized carbons (Fsp3) is 0.920. The van der Waals surface area contributed by atoms with Gasteiger partial charge in [0, 0.05) is 23.8 Å². The number of rotatable bonds is 45. The lowest BCUT2D eigenvalue weighted by Gasteiger charge is -2.22. The van der Waals surface area contributed by atoms with E-state index in [1.54, 1.807) is 0 Å². The average molecular weight is 881 g/mol. The van der Waals surface area contributed by atoms with Crippen LogP contribution < -0.4 is 10.2 Å². The van der Waals surface area contributed by atoms with E-state index < -0.39 is 11.1 Å². The molecule has 2 unspecified atom stereocenters. The summed E-state index contributed by atoms with van der Waals surface area (Å²) in [6.07, 6.45) is 39.7. The summed E-state index contributed by atoms with van der Waals surface area (Å²) in [5.74, 6) is 0.279. The summed E-state index contributed by atoms with van der Waals surface area (Å²) in [7, 11) is 1.52. The van der Waals surface area contributed by atoms with Gasteiger partial charge in [-0.05, 0) is 96.7 Å². The number of esters is 2. The van der Waals surface area contributed by atoms with Crippen molar-refractivity contribution in [3.63, 3.8) is 0 Å². The van der Waals surface area contributed by atoms with Gasteiger partial charge in [0.2, 0.25) is 5.49 Å². The summed E-state index contributed by atoms with van der Waals surface area (Å²) < 4.78 is 35.5. The number of aromatic amines is 1. The van der Waals surface area contributed by atoms with E-state index >= 15 is 0 Å². The third-order valence-electron chi connectivity index (χ3n) is 12.0.